The van der Waals surface area contributed by atoms with Gasteiger partial charge in [0.15, 0.2) is 11.6 Å². The Morgan fingerprint density at radius 2 is 1.91 bits per heavy atom. The van der Waals surface area contributed by atoms with Crippen LogP contribution in [0.1, 0.15) is 41.6 Å². The Bertz CT molecular complexity index is 1130. The molecule has 2 aromatic heterocycles. The van der Waals surface area contributed by atoms with Gasteiger partial charge in [-0.2, -0.15) is 13.2 Å². The number of aromatic nitrogens is 3. The largest absolute Gasteiger partial charge is 0.465 e. The molecule has 3 rings (SSSR count). The van der Waals surface area contributed by atoms with Crippen molar-refractivity contribution in [3.8, 4) is 0 Å². The molecule has 0 aliphatic carbocycles. The highest BCUT2D eigenvalue weighted by Gasteiger charge is 2.50. The number of alkyl halides is 5. The quantitative estimate of drug-likeness (QED) is 0.556. The van der Waals surface area contributed by atoms with Crippen molar-refractivity contribution in [3.05, 3.63) is 47.4 Å². The van der Waals surface area contributed by atoms with Gasteiger partial charge >= 0.3 is 12.3 Å². The van der Waals surface area contributed by atoms with Gasteiger partial charge in [-0.1, -0.05) is 0 Å². The van der Waals surface area contributed by atoms with E-state index in [1.807, 2.05) is 0 Å². The second-order valence-electron chi connectivity index (χ2n) is 7.07. The standard InChI is InChI=1S/C18H14F6N6O4/c1-17(4-10(18(22,23)24)27-15(34-17)30-16(32)33)12-7(19)2-3-11(28-12)29-14(31)9-6-25-8(5-26-9)13(20)21/h2-3,5-6,10,13H,4H2,1H3,(H,27,30)(H,32,33)(H,28,29,31)/t10-,17-/m0/s1. The molecule has 2 atom stereocenters. The molecule has 0 aromatic carbocycles. The third-order valence-electron chi connectivity index (χ3n) is 4.49. The summed E-state index contributed by atoms with van der Waals surface area (Å²) in [4.78, 5) is 37.0. The zero-order valence-electron chi connectivity index (χ0n) is 16.9. The molecule has 0 radical (unpaired) electrons. The molecule has 2 aromatic rings. The third-order valence-corrected chi connectivity index (χ3v) is 4.49. The number of carboxylic acid groups (broad SMARTS) is 1. The van der Waals surface area contributed by atoms with Crippen LogP contribution in [0.4, 0.5) is 37.0 Å². The number of amides is 2. The maximum atomic E-state index is 14.6. The van der Waals surface area contributed by atoms with Crippen molar-refractivity contribution in [2.24, 2.45) is 4.99 Å². The summed E-state index contributed by atoms with van der Waals surface area (Å²) in [6.45, 7) is 1.04. The van der Waals surface area contributed by atoms with Crippen molar-refractivity contribution in [3.63, 3.8) is 0 Å². The maximum Gasteiger partial charge on any atom is 0.412 e. The molecule has 3 heterocycles. The summed E-state index contributed by atoms with van der Waals surface area (Å²) in [5.74, 6) is -2.43. The Labute approximate surface area is 186 Å². The first kappa shape index (κ1) is 24.7. The molecule has 182 valence electrons. The van der Waals surface area contributed by atoms with Gasteiger partial charge in [0.25, 0.3) is 18.4 Å². The van der Waals surface area contributed by atoms with E-state index in [4.69, 9.17) is 9.84 Å². The van der Waals surface area contributed by atoms with Gasteiger partial charge in [-0.05, 0) is 19.1 Å². The molecule has 1 aliphatic rings. The minimum absolute atomic E-state index is 0.343. The van der Waals surface area contributed by atoms with Crippen LogP contribution in [-0.4, -0.2) is 50.3 Å². The Morgan fingerprint density at radius 3 is 2.47 bits per heavy atom. The molecule has 1 aliphatic heterocycles. The molecule has 2 amide bonds. The van der Waals surface area contributed by atoms with Gasteiger partial charge in [-0.3, -0.25) is 9.78 Å². The van der Waals surface area contributed by atoms with Gasteiger partial charge < -0.3 is 15.2 Å². The first-order valence-electron chi connectivity index (χ1n) is 9.20. The smallest absolute Gasteiger partial charge is 0.412 e. The van der Waals surface area contributed by atoms with Crippen molar-refractivity contribution >= 4 is 23.8 Å². The van der Waals surface area contributed by atoms with Crippen LogP contribution >= 0.6 is 0 Å². The fraction of sp³-hybridized carbons (Fsp3) is 0.333. The lowest BCUT2D eigenvalue weighted by Gasteiger charge is -2.37. The summed E-state index contributed by atoms with van der Waals surface area (Å²) in [7, 11) is 0. The molecule has 3 N–H and O–H groups in total. The number of carbonyl (C=O) groups is 2. The SMILES string of the molecule is C[C@@]1(c2nc(NC(=O)c3cnc(C(F)F)cn3)ccc2F)C[C@@H](C(F)(F)F)N=C(NC(=O)O)O1. The van der Waals surface area contributed by atoms with Crippen LogP contribution < -0.4 is 10.6 Å². The number of hydrogen-bond donors (Lipinski definition) is 3. The molecule has 0 unspecified atom stereocenters. The first-order chi connectivity index (χ1) is 15.8. The molecule has 0 fully saturated rings. The van der Waals surface area contributed by atoms with Crippen molar-refractivity contribution in [1.82, 2.24) is 20.3 Å². The number of aliphatic imine (C=N–C) groups is 1. The lowest BCUT2D eigenvalue weighted by Crippen LogP contribution is -2.48. The summed E-state index contributed by atoms with van der Waals surface area (Å²) in [5.41, 5.74) is -3.90. The maximum absolute atomic E-state index is 14.6. The van der Waals surface area contributed by atoms with E-state index in [0.29, 0.717) is 6.20 Å². The summed E-state index contributed by atoms with van der Waals surface area (Å²) < 4.78 is 85.0. The number of pyridine rings is 1. The topological polar surface area (TPSA) is 139 Å². The Hall–Kier alpha value is -3.98. The third kappa shape index (κ3) is 5.49. The van der Waals surface area contributed by atoms with Crippen molar-refractivity contribution in [2.45, 2.75) is 37.6 Å². The van der Waals surface area contributed by atoms with Gasteiger partial charge in [0.05, 0.1) is 12.4 Å². The molecule has 0 spiro atoms. The molecular formula is C18H14F6N6O4. The first-order valence-corrected chi connectivity index (χ1v) is 9.20. The van der Waals surface area contributed by atoms with E-state index in [0.717, 1.165) is 25.3 Å². The number of halogens is 6. The van der Waals surface area contributed by atoms with E-state index in [1.165, 1.54) is 0 Å². The summed E-state index contributed by atoms with van der Waals surface area (Å²) in [6.07, 6.45) is -9.11. The van der Waals surface area contributed by atoms with E-state index in [2.05, 4.69) is 25.3 Å². The predicted molar refractivity (Wildman–Crippen MR) is 101 cm³/mol. The van der Waals surface area contributed by atoms with Gasteiger partial charge in [-0.15, -0.1) is 0 Å². The normalized spacial score (nSPS) is 20.4. The minimum Gasteiger partial charge on any atom is -0.465 e. The average molecular weight is 492 g/mol. The monoisotopic (exact) mass is 492 g/mol. The fourth-order valence-corrected chi connectivity index (χ4v) is 2.95. The van der Waals surface area contributed by atoms with Crippen molar-refractivity contribution in [1.29, 1.82) is 0 Å². The number of ether oxygens (including phenoxy) is 1. The highest BCUT2D eigenvalue weighted by atomic mass is 19.4. The number of nitrogens with one attached hydrogen (secondary N) is 2. The summed E-state index contributed by atoms with van der Waals surface area (Å²) >= 11 is 0. The number of carbonyl (C=O) groups excluding carboxylic acids is 1. The number of nitrogens with zero attached hydrogens (tertiary/aromatic N) is 4. The van der Waals surface area contributed by atoms with Crippen LogP contribution in [0.3, 0.4) is 0 Å². The molecule has 0 saturated heterocycles. The Kier molecular flexibility index (Phi) is 6.60. The predicted octanol–water partition coefficient (Wildman–Crippen LogP) is 3.39. The van der Waals surface area contributed by atoms with Crippen LogP contribution in [0, 0.1) is 5.82 Å². The molecular weight excluding hydrogens is 478 g/mol. The van der Waals surface area contributed by atoms with Crippen LogP contribution in [0.2, 0.25) is 0 Å². The number of anilines is 1. The lowest BCUT2D eigenvalue weighted by atomic mass is 9.91. The average Bonchev–Trinajstić information content (AvgIpc) is 2.73. The van der Waals surface area contributed by atoms with Gasteiger partial charge in [-0.25, -0.2) is 38.2 Å². The molecule has 16 heteroatoms. The number of rotatable bonds is 4. The van der Waals surface area contributed by atoms with Gasteiger partial charge in [0.2, 0.25) is 0 Å². The zero-order valence-corrected chi connectivity index (χ0v) is 16.9. The zero-order chi connectivity index (χ0) is 25.3. The van der Waals surface area contributed by atoms with Crippen LogP contribution in [-0.2, 0) is 10.3 Å². The molecule has 0 saturated carbocycles. The van der Waals surface area contributed by atoms with E-state index in [9.17, 15) is 35.9 Å². The molecule has 0 bridgehead atoms. The van der Waals surface area contributed by atoms with Crippen LogP contribution in [0.25, 0.3) is 0 Å². The molecule has 34 heavy (non-hydrogen) atoms. The van der Waals surface area contributed by atoms with Gasteiger partial charge in [0, 0.05) is 6.42 Å². The van der Waals surface area contributed by atoms with Gasteiger partial charge in [0.1, 0.15) is 28.7 Å². The van der Waals surface area contributed by atoms with Crippen molar-refractivity contribution < 1.29 is 45.8 Å². The Balaban J connectivity index is 1.90. The second kappa shape index (κ2) is 9.11. The number of hydrogen-bond acceptors (Lipinski definition) is 7. The van der Waals surface area contributed by atoms with E-state index >= 15 is 0 Å². The highest BCUT2D eigenvalue weighted by molar-refractivity contribution is 6.02. The van der Waals surface area contributed by atoms with E-state index in [1.54, 1.807) is 5.32 Å². The van der Waals surface area contributed by atoms with E-state index in [-0.39, 0.29) is 5.82 Å². The number of amidine groups is 1. The van der Waals surface area contributed by atoms with Crippen molar-refractivity contribution in [2.75, 3.05) is 5.32 Å². The second-order valence-corrected chi connectivity index (χ2v) is 7.07. The fourth-order valence-electron chi connectivity index (χ4n) is 2.95. The Morgan fingerprint density at radius 1 is 1.21 bits per heavy atom. The van der Waals surface area contributed by atoms with E-state index < -0.39 is 71.6 Å². The molecule has 10 nitrogen and oxygen atoms in total. The summed E-state index contributed by atoms with van der Waals surface area (Å²) in [6, 6.07) is -1.70. The summed E-state index contributed by atoms with van der Waals surface area (Å²) in [5, 5.41) is 12.6. The van der Waals surface area contributed by atoms with Crippen LogP contribution in [0.5, 0.6) is 0 Å². The minimum atomic E-state index is -4.91. The highest BCUT2D eigenvalue weighted by Crippen LogP contribution is 2.40. The van der Waals surface area contributed by atoms with Crippen LogP contribution in [0.15, 0.2) is 29.5 Å². The lowest BCUT2D eigenvalue weighted by molar-refractivity contribution is -0.164.